The van der Waals surface area contributed by atoms with Gasteiger partial charge in [-0.3, -0.25) is 0 Å². The Hall–Kier alpha value is -0.370. The summed E-state index contributed by atoms with van der Waals surface area (Å²) in [4.78, 5) is 0.691. The first-order chi connectivity index (χ1) is 7.24. The summed E-state index contributed by atoms with van der Waals surface area (Å²) < 4.78 is 12.7. The molecule has 1 aliphatic rings. The summed E-state index contributed by atoms with van der Waals surface area (Å²) >= 11 is 3.69. The van der Waals surface area contributed by atoms with E-state index in [9.17, 15) is 4.39 Å². The van der Waals surface area contributed by atoms with Gasteiger partial charge in [-0.2, -0.15) is 0 Å². The lowest BCUT2D eigenvalue weighted by molar-refractivity contribution is 0.368. The van der Waals surface area contributed by atoms with Crippen LogP contribution in [0.4, 0.5) is 4.39 Å². The lowest BCUT2D eigenvalue weighted by Crippen LogP contribution is -2.16. The predicted molar refractivity (Wildman–Crippen MR) is 64.8 cm³/mol. The fourth-order valence-corrected chi connectivity index (χ4v) is 3.22. The monoisotopic (exact) mass is 270 g/mol. The number of rotatable bonds is 2. The summed E-state index contributed by atoms with van der Waals surface area (Å²) in [6.45, 7) is 0. The smallest absolute Gasteiger partial charge is 0.123 e. The first kappa shape index (κ1) is 11.1. The van der Waals surface area contributed by atoms with Gasteiger partial charge in [0, 0.05) is 4.83 Å². The van der Waals surface area contributed by atoms with E-state index in [1.807, 2.05) is 12.1 Å². The molecule has 0 amide bonds. The SMILES string of the molecule is Fc1ccc(CC2CCCC(Br)C2)cc1. The number of hydrogen-bond donors (Lipinski definition) is 0. The van der Waals surface area contributed by atoms with Gasteiger partial charge in [-0.05, 0) is 42.9 Å². The number of halogens is 2. The van der Waals surface area contributed by atoms with Gasteiger partial charge in [0.25, 0.3) is 0 Å². The zero-order valence-corrected chi connectivity index (χ0v) is 10.3. The third-order valence-electron chi connectivity index (χ3n) is 3.16. The molecule has 2 atom stereocenters. The summed E-state index contributed by atoms with van der Waals surface area (Å²) in [6, 6.07) is 6.94. The second-order valence-electron chi connectivity index (χ2n) is 4.46. The molecule has 0 N–H and O–H groups in total. The molecule has 0 nitrogen and oxygen atoms in total. The molecule has 2 rings (SSSR count). The van der Waals surface area contributed by atoms with E-state index in [1.54, 1.807) is 12.1 Å². The second-order valence-corrected chi connectivity index (χ2v) is 5.76. The van der Waals surface area contributed by atoms with Crippen LogP contribution in [0.1, 0.15) is 31.2 Å². The van der Waals surface area contributed by atoms with Crippen LogP contribution >= 0.6 is 15.9 Å². The second kappa shape index (κ2) is 5.11. The van der Waals surface area contributed by atoms with Gasteiger partial charge < -0.3 is 0 Å². The third-order valence-corrected chi connectivity index (χ3v) is 3.99. The molecule has 2 unspecified atom stereocenters. The zero-order chi connectivity index (χ0) is 10.7. The molecule has 2 heteroatoms. The van der Waals surface area contributed by atoms with Crippen molar-refractivity contribution in [3.8, 4) is 0 Å². The molecular formula is C13H16BrF. The minimum absolute atomic E-state index is 0.138. The van der Waals surface area contributed by atoms with Crippen LogP contribution in [-0.4, -0.2) is 4.83 Å². The summed E-state index contributed by atoms with van der Waals surface area (Å²) in [7, 11) is 0. The molecule has 1 saturated carbocycles. The van der Waals surface area contributed by atoms with Crippen molar-refractivity contribution in [2.45, 2.75) is 36.9 Å². The van der Waals surface area contributed by atoms with Crippen molar-refractivity contribution in [3.63, 3.8) is 0 Å². The maximum absolute atomic E-state index is 12.7. The van der Waals surface area contributed by atoms with Gasteiger partial charge in [0.15, 0.2) is 0 Å². The average Bonchev–Trinajstić information content (AvgIpc) is 2.22. The van der Waals surface area contributed by atoms with Crippen molar-refractivity contribution in [2.24, 2.45) is 5.92 Å². The van der Waals surface area contributed by atoms with E-state index in [-0.39, 0.29) is 5.82 Å². The third kappa shape index (κ3) is 3.30. The van der Waals surface area contributed by atoms with E-state index in [2.05, 4.69) is 15.9 Å². The van der Waals surface area contributed by atoms with Gasteiger partial charge in [0.05, 0.1) is 0 Å². The van der Waals surface area contributed by atoms with Crippen molar-refractivity contribution in [3.05, 3.63) is 35.6 Å². The number of benzene rings is 1. The Morgan fingerprint density at radius 1 is 1.20 bits per heavy atom. The summed E-state index contributed by atoms with van der Waals surface area (Å²) in [5.41, 5.74) is 1.27. The Labute approximate surface area is 99.0 Å². The molecule has 1 fully saturated rings. The van der Waals surface area contributed by atoms with Crippen molar-refractivity contribution in [1.82, 2.24) is 0 Å². The van der Waals surface area contributed by atoms with Gasteiger partial charge in [-0.1, -0.05) is 40.9 Å². The molecule has 1 aromatic rings. The van der Waals surface area contributed by atoms with Crippen LogP contribution < -0.4 is 0 Å². The van der Waals surface area contributed by atoms with E-state index in [0.717, 1.165) is 12.3 Å². The van der Waals surface area contributed by atoms with Crippen LogP contribution in [0.25, 0.3) is 0 Å². The Morgan fingerprint density at radius 3 is 2.60 bits per heavy atom. The fourth-order valence-electron chi connectivity index (χ4n) is 2.36. The number of hydrogen-bond acceptors (Lipinski definition) is 0. The Balaban J connectivity index is 1.93. The highest BCUT2D eigenvalue weighted by Crippen LogP contribution is 2.31. The predicted octanol–water partition coefficient (Wildman–Crippen LogP) is 4.32. The van der Waals surface area contributed by atoms with Crippen LogP contribution in [-0.2, 0) is 6.42 Å². The highest BCUT2D eigenvalue weighted by atomic mass is 79.9. The van der Waals surface area contributed by atoms with E-state index in [1.165, 1.54) is 31.2 Å². The molecule has 0 aromatic heterocycles. The van der Waals surface area contributed by atoms with E-state index < -0.39 is 0 Å². The first-order valence-electron chi connectivity index (χ1n) is 5.62. The quantitative estimate of drug-likeness (QED) is 0.703. The minimum atomic E-state index is -0.138. The van der Waals surface area contributed by atoms with Crippen molar-refractivity contribution < 1.29 is 4.39 Å². The normalized spacial score (nSPS) is 26.5. The highest BCUT2D eigenvalue weighted by molar-refractivity contribution is 9.09. The maximum atomic E-state index is 12.7. The molecule has 0 bridgehead atoms. The summed E-state index contributed by atoms with van der Waals surface area (Å²) in [5.74, 6) is 0.634. The molecule has 82 valence electrons. The molecule has 0 saturated heterocycles. The fraction of sp³-hybridized carbons (Fsp3) is 0.538. The van der Waals surface area contributed by atoms with Crippen molar-refractivity contribution in [2.75, 3.05) is 0 Å². The summed E-state index contributed by atoms with van der Waals surface area (Å²) in [5, 5.41) is 0. The molecule has 15 heavy (non-hydrogen) atoms. The molecule has 0 aliphatic heterocycles. The van der Waals surface area contributed by atoms with Crippen LogP contribution in [0.5, 0.6) is 0 Å². The average molecular weight is 271 g/mol. The topological polar surface area (TPSA) is 0 Å². The molecule has 0 spiro atoms. The van der Waals surface area contributed by atoms with Crippen LogP contribution in [0.3, 0.4) is 0 Å². The Kier molecular flexibility index (Phi) is 3.79. The number of alkyl halides is 1. The van der Waals surface area contributed by atoms with Crippen LogP contribution in [0, 0.1) is 11.7 Å². The Morgan fingerprint density at radius 2 is 1.93 bits per heavy atom. The summed E-state index contributed by atoms with van der Waals surface area (Å²) in [6.07, 6.45) is 6.31. The van der Waals surface area contributed by atoms with Crippen LogP contribution in [0.2, 0.25) is 0 Å². The zero-order valence-electron chi connectivity index (χ0n) is 8.76. The lowest BCUT2D eigenvalue weighted by atomic mass is 9.85. The van der Waals surface area contributed by atoms with E-state index in [4.69, 9.17) is 0 Å². The van der Waals surface area contributed by atoms with Crippen molar-refractivity contribution in [1.29, 1.82) is 0 Å². The van der Waals surface area contributed by atoms with Gasteiger partial charge >= 0.3 is 0 Å². The molecular weight excluding hydrogens is 255 g/mol. The molecule has 0 heterocycles. The lowest BCUT2D eigenvalue weighted by Gasteiger charge is -2.25. The molecule has 0 radical (unpaired) electrons. The molecule has 1 aromatic carbocycles. The highest BCUT2D eigenvalue weighted by Gasteiger charge is 2.19. The standard InChI is InChI=1S/C13H16BrF/c14-12-3-1-2-11(9-12)8-10-4-6-13(15)7-5-10/h4-7,11-12H,1-3,8-9H2. The van der Waals surface area contributed by atoms with Gasteiger partial charge in [-0.25, -0.2) is 4.39 Å². The van der Waals surface area contributed by atoms with E-state index in [0.29, 0.717) is 4.83 Å². The molecule has 1 aliphatic carbocycles. The van der Waals surface area contributed by atoms with E-state index >= 15 is 0 Å². The maximum Gasteiger partial charge on any atom is 0.123 e. The first-order valence-corrected chi connectivity index (χ1v) is 6.54. The minimum Gasteiger partial charge on any atom is -0.207 e. The van der Waals surface area contributed by atoms with Crippen molar-refractivity contribution >= 4 is 15.9 Å². The largest absolute Gasteiger partial charge is 0.207 e. The Bertz CT molecular complexity index is 307. The van der Waals surface area contributed by atoms with Crippen LogP contribution in [0.15, 0.2) is 24.3 Å². The van der Waals surface area contributed by atoms with Gasteiger partial charge in [0.2, 0.25) is 0 Å². The van der Waals surface area contributed by atoms with Gasteiger partial charge in [-0.15, -0.1) is 0 Å². The van der Waals surface area contributed by atoms with Gasteiger partial charge in [0.1, 0.15) is 5.82 Å².